The van der Waals surface area contributed by atoms with Crippen molar-refractivity contribution in [1.29, 1.82) is 0 Å². The standard InChI is InChI=1S/C11H9F3O3/c12-11(13,14)6-2-1-3-7(15)8(6)10(4-5-10)9(16)17/h1-3,15H,4-5H2,(H,16,17). The summed E-state index contributed by atoms with van der Waals surface area (Å²) < 4.78 is 38.2. The monoisotopic (exact) mass is 246 g/mol. The number of hydrogen-bond acceptors (Lipinski definition) is 2. The molecular formula is C11H9F3O3. The van der Waals surface area contributed by atoms with Crippen LogP contribution in [0, 0.1) is 0 Å². The van der Waals surface area contributed by atoms with E-state index in [4.69, 9.17) is 5.11 Å². The minimum absolute atomic E-state index is 0.114. The molecule has 0 radical (unpaired) electrons. The Labute approximate surface area is 94.5 Å². The molecule has 0 unspecified atom stereocenters. The van der Waals surface area contributed by atoms with Gasteiger partial charge in [-0.1, -0.05) is 6.07 Å². The number of benzene rings is 1. The lowest BCUT2D eigenvalue weighted by molar-refractivity contribution is -0.142. The highest BCUT2D eigenvalue weighted by atomic mass is 19.4. The molecule has 2 rings (SSSR count). The molecule has 0 saturated heterocycles. The molecule has 0 atom stereocenters. The largest absolute Gasteiger partial charge is 0.508 e. The predicted octanol–water partition coefficient (Wildman–Crippen LogP) is 2.53. The highest BCUT2D eigenvalue weighted by molar-refractivity contribution is 5.86. The third kappa shape index (κ3) is 1.73. The molecule has 0 amide bonds. The van der Waals surface area contributed by atoms with Gasteiger partial charge < -0.3 is 10.2 Å². The molecule has 0 spiro atoms. The van der Waals surface area contributed by atoms with Crippen molar-refractivity contribution in [1.82, 2.24) is 0 Å². The molecule has 1 aliphatic carbocycles. The molecule has 3 nitrogen and oxygen atoms in total. The molecule has 1 saturated carbocycles. The molecule has 0 heterocycles. The number of phenols is 1. The molecular weight excluding hydrogens is 237 g/mol. The zero-order chi connectivity index (χ0) is 12.8. The Morgan fingerprint density at radius 2 is 1.88 bits per heavy atom. The van der Waals surface area contributed by atoms with Gasteiger partial charge in [-0.15, -0.1) is 0 Å². The molecule has 0 aliphatic heterocycles. The van der Waals surface area contributed by atoms with Crippen LogP contribution in [0.4, 0.5) is 13.2 Å². The molecule has 2 N–H and O–H groups in total. The van der Waals surface area contributed by atoms with Crippen molar-refractivity contribution < 1.29 is 28.2 Å². The van der Waals surface area contributed by atoms with Crippen molar-refractivity contribution in [2.75, 3.05) is 0 Å². The number of carbonyl (C=O) groups is 1. The first-order chi connectivity index (χ1) is 7.79. The highest BCUT2D eigenvalue weighted by Gasteiger charge is 2.56. The first kappa shape index (κ1) is 11.8. The van der Waals surface area contributed by atoms with E-state index in [1.807, 2.05) is 0 Å². The summed E-state index contributed by atoms with van der Waals surface area (Å²) in [6, 6.07) is 2.92. The molecule has 1 fully saturated rings. The summed E-state index contributed by atoms with van der Waals surface area (Å²) >= 11 is 0. The maximum absolute atomic E-state index is 12.7. The Morgan fingerprint density at radius 3 is 2.29 bits per heavy atom. The van der Waals surface area contributed by atoms with Gasteiger partial charge in [0.2, 0.25) is 0 Å². The molecule has 92 valence electrons. The molecule has 1 aliphatic rings. The molecule has 0 aromatic heterocycles. The number of hydrogen-bond donors (Lipinski definition) is 2. The van der Waals surface area contributed by atoms with Crippen LogP contribution < -0.4 is 0 Å². The predicted molar refractivity (Wildman–Crippen MR) is 51.7 cm³/mol. The van der Waals surface area contributed by atoms with Gasteiger partial charge in [0.1, 0.15) is 5.75 Å². The summed E-state index contributed by atoms with van der Waals surface area (Å²) in [6.45, 7) is 0. The zero-order valence-corrected chi connectivity index (χ0v) is 8.58. The minimum Gasteiger partial charge on any atom is -0.508 e. The van der Waals surface area contributed by atoms with E-state index in [9.17, 15) is 23.1 Å². The first-order valence-corrected chi connectivity index (χ1v) is 4.92. The summed E-state index contributed by atoms with van der Waals surface area (Å²) in [6.07, 6.45) is -4.44. The van der Waals surface area contributed by atoms with Crippen LogP contribution in [0.1, 0.15) is 24.0 Å². The number of aromatic hydroxyl groups is 1. The lowest BCUT2D eigenvalue weighted by Crippen LogP contribution is -2.24. The smallest absolute Gasteiger partial charge is 0.416 e. The van der Waals surface area contributed by atoms with E-state index in [0.717, 1.165) is 18.2 Å². The van der Waals surface area contributed by atoms with Crippen LogP contribution in [0.5, 0.6) is 5.75 Å². The topological polar surface area (TPSA) is 57.5 Å². The van der Waals surface area contributed by atoms with Crippen molar-refractivity contribution in [3.8, 4) is 5.75 Å². The number of alkyl halides is 3. The van der Waals surface area contributed by atoms with Crippen LogP contribution in [0.25, 0.3) is 0 Å². The molecule has 1 aromatic carbocycles. The van der Waals surface area contributed by atoms with Gasteiger partial charge in [0.05, 0.1) is 11.0 Å². The second-order valence-corrected chi connectivity index (χ2v) is 4.08. The lowest BCUT2D eigenvalue weighted by atomic mass is 9.90. The van der Waals surface area contributed by atoms with Crippen LogP contribution in [-0.2, 0) is 16.4 Å². The number of rotatable bonds is 2. The van der Waals surface area contributed by atoms with Gasteiger partial charge in [-0.05, 0) is 25.0 Å². The third-order valence-electron chi connectivity index (χ3n) is 2.99. The van der Waals surface area contributed by atoms with Crippen LogP contribution in [-0.4, -0.2) is 16.2 Å². The van der Waals surface area contributed by atoms with Gasteiger partial charge in [0.15, 0.2) is 0 Å². The van der Waals surface area contributed by atoms with E-state index in [0.29, 0.717) is 0 Å². The molecule has 17 heavy (non-hydrogen) atoms. The second-order valence-electron chi connectivity index (χ2n) is 4.08. The average Bonchev–Trinajstić information content (AvgIpc) is 2.96. The summed E-state index contributed by atoms with van der Waals surface area (Å²) in [5.74, 6) is -1.94. The first-order valence-electron chi connectivity index (χ1n) is 4.92. The zero-order valence-electron chi connectivity index (χ0n) is 8.58. The van der Waals surface area contributed by atoms with Crippen molar-refractivity contribution in [3.63, 3.8) is 0 Å². The van der Waals surface area contributed by atoms with Gasteiger partial charge in [-0.3, -0.25) is 4.79 Å². The molecule has 1 aromatic rings. The van der Waals surface area contributed by atoms with Crippen molar-refractivity contribution in [3.05, 3.63) is 29.3 Å². The van der Waals surface area contributed by atoms with Crippen LogP contribution in [0.2, 0.25) is 0 Å². The fourth-order valence-electron chi connectivity index (χ4n) is 1.98. The third-order valence-corrected chi connectivity index (χ3v) is 2.99. The lowest BCUT2D eigenvalue weighted by Gasteiger charge is -2.18. The number of aliphatic carboxylic acids is 1. The van der Waals surface area contributed by atoms with E-state index in [1.54, 1.807) is 0 Å². The SMILES string of the molecule is O=C(O)C1(c2c(O)cccc2C(F)(F)F)CC1. The van der Waals surface area contributed by atoms with E-state index in [2.05, 4.69) is 0 Å². The van der Waals surface area contributed by atoms with Gasteiger partial charge in [-0.2, -0.15) is 13.2 Å². The van der Waals surface area contributed by atoms with Crippen molar-refractivity contribution >= 4 is 5.97 Å². The van der Waals surface area contributed by atoms with Crippen LogP contribution in [0.3, 0.4) is 0 Å². The van der Waals surface area contributed by atoms with E-state index in [-0.39, 0.29) is 12.8 Å². The molecule has 6 heteroatoms. The Kier molecular flexibility index (Phi) is 2.34. The number of phenolic OH excluding ortho intramolecular Hbond substituents is 1. The quantitative estimate of drug-likeness (QED) is 0.843. The summed E-state index contributed by atoms with van der Waals surface area (Å²) in [5.41, 5.74) is -3.16. The Morgan fingerprint density at radius 1 is 1.29 bits per heavy atom. The normalized spacial score (nSPS) is 17.8. The van der Waals surface area contributed by atoms with Crippen molar-refractivity contribution in [2.24, 2.45) is 0 Å². The molecule has 0 bridgehead atoms. The number of carboxylic acids is 1. The van der Waals surface area contributed by atoms with Crippen LogP contribution >= 0.6 is 0 Å². The van der Waals surface area contributed by atoms with E-state index in [1.165, 1.54) is 0 Å². The Balaban J connectivity index is 2.65. The number of carboxylic acid groups (broad SMARTS) is 1. The summed E-state index contributed by atoms with van der Waals surface area (Å²) in [4.78, 5) is 11.0. The van der Waals surface area contributed by atoms with Gasteiger partial charge in [0, 0.05) is 5.56 Å². The Bertz CT molecular complexity index is 475. The van der Waals surface area contributed by atoms with Crippen LogP contribution in [0.15, 0.2) is 18.2 Å². The fraction of sp³-hybridized carbons (Fsp3) is 0.364. The number of halogens is 3. The van der Waals surface area contributed by atoms with Gasteiger partial charge in [-0.25, -0.2) is 0 Å². The fourth-order valence-corrected chi connectivity index (χ4v) is 1.98. The maximum Gasteiger partial charge on any atom is 0.416 e. The van der Waals surface area contributed by atoms with E-state index >= 15 is 0 Å². The van der Waals surface area contributed by atoms with Gasteiger partial charge >= 0.3 is 12.1 Å². The second kappa shape index (κ2) is 3.38. The van der Waals surface area contributed by atoms with E-state index < -0.39 is 34.4 Å². The minimum atomic E-state index is -4.67. The Hall–Kier alpha value is -1.72. The summed E-state index contributed by atoms with van der Waals surface area (Å²) in [7, 11) is 0. The summed E-state index contributed by atoms with van der Waals surface area (Å²) in [5, 5.41) is 18.5. The maximum atomic E-state index is 12.7. The highest BCUT2D eigenvalue weighted by Crippen LogP contribution is 2.54. The van der Waals surface area contributed by atoms with Crippen molar-refractivity contribution in [2.45, 2.75) is 24.4 Å². The van der Waals surface area contributed by atoms with Gasteiger partial charge in [0.25, 0.3) is 0 Å². The average molecular weight is 246 g/mol.